The topological polar surface area (TPSA) is 108 Å². The van der Waals surface area contributed by atoms with Gasteiger partial charge in [0.05, 0.1) is 18.3 Å². The fourth-order valence-electron chi connectivity index (χ4n) is 3.90. The summed E-state index contributed by atoms with van der Waals surface area (Å²) in [5.74, 6) is 1.81. The number of amidine groups is 2. The Hall–Kier alpha value is -3.02. The molecule has 3 N–H and O–H groups in total. The molecule has 1 fully saturated rings. The summed E-state index contributed by atoms with van der Waals surface area (Å²) in [6.45, 7) is 6.38. The van der Waals surface area contributed by atoms with Crippen LogP contribution in [0.4, 0.5) is 0 Å². The fourth-order valence-corrected chi connectivity index (χ4v) is 3.90. The molecule has 0 aromatic heterocycles. The third kappa shape index (κ3) is 4.13. The minimum absolute atomic E-state index is 0.0115. The first-order valence-electron chi connectivity index (χ1n) is 10.4. The maximum absolute atomic E-state index is 9.54. The molecule has 3 aliphatic rings. The number of rotatable bonds is 6. The van der Waals surface area contributed by atoms with Gasteiger partial charge in [-0.2, -0.15) is 5.26 Å². The second-order valence-electron chi connectivity index (χ2n) is 7.93. The van der Waals surface area contributed by atoms with Crippen LogP contribution in [0, 0.1) is 11.3 Å². The van der Waals surface area contributed by atoms with E-state index < -0.39 is 0 Å². The van der Waals surface area contributed by atoms with Crippen molar-refractivity contribution in [3.05, 3.63) is 41.0 Å². The van der Waals surface area contributed by atoms with Gasteiger partial charge >= 0.3 is 0 Å². The second kappa shape index (κ2) is 8.78. The lowest BCUT2D eigenvalue weighted by atomic mass is 10.0. The van der Waals surface area contributed by atoms with Crippen molar-refractivity contribution in [2.45, 2.75) is 44.9 Å². The molecule has 1 saturated heterocycles. The van der Waals surface area contributed by atoms with Gasteiger partial charge in [-0.05, 0) is 38.0 Å². The molecule has 1 aromatic carbocycles. The number of nitriles is 1. The van der Waals surface area contributed by atoms with Crippen molar-refractivity contribution < 1.29 is 5.11 Å². The lowest BCUT2D eigenvalue weighted by Crippen LogP contribution is -2.51. The molecule has 30 heavy (non-hydrogen) atoms. The van der Waals surface area contributed by atoms with Gasteiger partial charge in [0, 0.05) is 37.3 Å². The van der Waals surface area contributed by atoms with E-state index in [2.05, 4.69) is 40.4 Å². The molecular formula is C22H27N7O. The van der Waals surface area contributed by atoms with Crippen molar-refractivity contribution in [2.24, 2.45) is 15.0 Å². The summed E-state index contributed by atoms with van der Waals surface area (Å²) in [7, 11) is 0. The number of hydrogen-bond acceptors (Lipinski definition) is 8. The number of phenolic OH excluding ortho intramolecular Hbond substituents is 1. The number of fused-ring (bicyclic) bond motifs is 1. The van der Waals surface area contributed by atoms with Gasteiger partial charge in [0.25, 0.3) is 0 Å². The highest BCUT2D eigenvalue weighted by Crippen LogP contribution is 2.22. The van der Waals surface area contributed by atoms with E-state index in [4.69, 9.17) is 9.98 Å². The molecule has 3 aliphatic heterocycles. The van der Waals surface area contributed by atoms with Crippen LogP contribution in [0.25, 0.3) is 0 Å². The molecule has 8 nitrogen and oxygen atoms in total. The monoisotopic (exact) mass is 405 g/mol. The predicted molar refractivity (Wildman–Crippen MR) is 118 cm³/mol. The summed E-state index contributed by atoms with van der Waals surface area (Å²) < 4.78 is 0. The highest BCUT2D eigenvalue weighted by Gasteiger charge is 2.39. The van der Waals surface area contributed by atoms with Crippen molar-refractivity contribution in [1.82, 2.24) is 15.5 Å². The normalized spacial score (nSPS) is 23.3. The van der Waals surface area contributed by atoms with Crippen LogP contribution in [-0.2, 0) is 6.42 Å². The quantitative estimate of drug-likeness (QED) is 0.666. The van der Waals surface area contributed by atoms with Gasteiger partial charge in [0.2, 0.25) is 0 Å². The number of dihydropyridines is 1. The molecule has 4 rings (SSSR count). The van der Waals surface area contributed by atoms with Crippen LogP contribution in [0.2, 0.25) is 0 Å². The molecule has 2 atom stereocenters. The molecule has 0 radical (unpaired) electrons. The number of nitrogens with one attached hydrogen (secondary N) is 2. The first-order chi connectivity index (χ1) is 14.6. The van der Waals surface area contributed by atoms with E-state index in [1.807, 2.05) is 12.1 Å². The summed E-state index contributed by atoms with van der Waals surface area (Å²) >= 11 is 0. The molecule has 8 heteroatoms. The molecule has 1 aromatic rings. The Morgan fingerprint density at radius 2 is 2.13 bits per heavy atom. The predicted octanol–water partition coefficient (Wildman–Crippen LogP) is 1.60. The van der Waals surface area contributed by atoms with Crippen molar-refractivity contribution >= 4 is 17.9 Å². The first kappa shape index (κ1) is 20.3. The third-order valence-corrected chi connectivity index (χ3v) is 5.59. The number of nitrogens with zero attached hydrogens (tertiary/aromatic N) is 5. The zero-order chi connectivity index (χ0) is 21.1. The first-order valence-corrected chi connectivity index (χ1v) is 10.4. The number of benzene rings is 1. The maximum Gasteiger partial charge on any atom is 0.160 e. The van der Waals surface area contributed by atoms with Crippen LogP contribution in [0.3, 0.4) is 0 Å². The standard InChI is InChI=1S/C22H27N7O/c1-14(2)29-13-26-19-21(25-10-7-15-3-5-17(30)6-4-15)27-20(28-22(19)29)18-12-24-9-8-16(18)11-23/h3-6,12,14,19,21,25-26,30H,7-10,13H2,1-2H3. The van der Waals surface area contributed by atoms with Crippen LogP contribution in [0.1, 0.15) is 25.8 Å². The summed E-state index contributed by atoms with van der Waals surface area (Å²) in [6.07, 6.45) is 3.00. The second-order valence-corrected chi connectivity index (χ2v) is 7.93. The van der Waals surface area contributed by atoms with E-state index >= 15 is 0 Å². The molecular weight excluding hydrogens is 378 g/mol. The molecule has 156 valence electrons. The lowest BCUT2D eigenvalue weighted by Gasteiger charge is -2.30. The zero-order valence-electron chi connectivity index (χ0n) is 17.3. The molecule has 0 amide bonds. The van der Waals surface area contributed by atoms with Crippen LogP contribution in [-0.4, -0.2) is 65.9 Å². The average Bonchev–Trinajstić information content (AvgIpc) is 3.19. The average molecular weight is 406 g/mol. The highest BCUT2D eigenvalue weighted by molar-refractivity contribution is 6.21. The van der Waals surface area contributed by atoms with Gasteiger partial charge in [-0.15, -0.1) is 0 Å². The minimum atomic E-state index is -0.184. The summed E-state index contributed by atoms with van der Waals surface area (Å²) in [6, 6.07) is 9.85. The van der Waals surface area contributed by atoms with Crippen molar-refractivity contribution in [1.29, 1.82) is 5.26 Å². The Labute approximate surface area is 176 Å². The molecule has 0 bridgehead atoms. The van der Waals surface area contributed by atoms with Gasteiger partial charge < -0.3 is 10.0 Å². The minimum Gasteiger partial charge on any atom is -0.508 e. The molecule has 2 unspecified atom stereocenters. The number of aromatic hydroxyl groups is 1. The van der Waals surface area contributed by atoms with Gasteiger partial charge in [-0.25, -0.2) is 9.98 Å². The maximum atomic E-state index is 9.54. The number of aliphatic imine (C=N–C) groups is 3. The zero-order valence-corrected chi connectivity index (χ0v) is 17.3. The van der Waals surface area contributed by atoms with E-state index in [1.165, 1.54) is 0 Å². The van der Waals surface area contributed by atoms with Gasteiger partial charge in [0.1, 0.15) is 23.8 Å². The van der Waals surface area contributed by atoms with E-state index in [0.717, 1.165) is 36.6 Å². The SMILES string of the molecule is CC(C)N1CNC2C1=NC(C1=C(C#N)CCN=C1)=NC2NCCc1ccc(O)cc1. The van der Waals surface area contributed by atoms with Gasteiger partial charge in [0.15, 0.2) is 5.84 Å². The number of phenols is 1. The molecule has 0 aliphatic carbocycles. The van der Waals surface area contributed by atoms with Gasteiger partial charge in [-0.3, -0.25) is 15.6 Å². The van der Waals surface area contributed by atoms with Crippen molar-refractivity contribution in [2.75, 3.05) is 19.8 Å². The van der Waals surface area contributed by atoms with E-state index in [0.29, 0.717) is 30.4 Å². The summed E-state index contributed by atoms with van der Waals surface area (Å²) in [4.78, 5) is 16.3. The van der Waals surface area contributed by atoms with Crippen LogP contribution in [0.15, 0.2) is 50.4 Å². The molecule has 0 spiro atoms. The fraction of sp³-hybridized carbons (Fsp3) is 0.455. The summed E-state index contributed by atoms with van der Waals surface area (Å²) in [5, 5.41) is 26.1. The summed E-state index contributed by atoms with van der Waals surface area (Å²) in [5.41, 5.74) is 2.57. The van der Waals surface area contributed by atoms with Gasteiger partial charge in [-0.1, -0.05) is 12.1 Å². The Morgan fingerprint density at radius 1 is 1.33 bits per heavy atom. The van der Waals surface area contributed by atoms with Crippen LogP contribution in [0.5, 0.6) is 5.75 Å². The highest BCUT2D eigenvalue weighted by atomic mass is 16.3. The van der Waals surface area contributed by atoms with Crippen LogP contribution >= 0.6 is 0 Å². The van der Waals surface area contributed by atoms with Crippen molar-refractivity contribution in [3.63, 3.8) is 0 Å². The Morgan fingerprint density at radius 3 is 2.87 bits per heavy atom. The third-order valence-electron chi connectivity index (χ3n) is 5.59. The Kier molecular flexibility index (Phi) is 5.93. The van der Waals surface area contributed by atoms with Crippen molar-refractivity contribution in [3.8, 4) is 11.8 Å². The number of hydrogen-bond donors (Lipinski definition) is 3. The van der Waals surface area contributed by atoms with E-state index in [1.54, 1.807) is 18.3 Å². The van der Waals surface area contributed by atoms with Crippen LogP contribution < -0.4 is 10.6 Å². The smallest absolute Gasteiger partial charge is 0.160 e. The lowest BCUT2D eigenvalue weighted by molar-refractivity contribution is 0.362. The molecule has 3 heterocycles. The van der Waals surface area contributed by atoms with E-state index in [9.17, 15) is 10.4 Å². The Bertz CT molecular complexity index is 953. The van der Waals surface area contributed by atoms with E-state index in [-0.39, 0.29) is 18.0 Å². The largest absolute Gasteiger partial charge is 0.508 e. The Balaban J connectivity index is 1.57. The molecule has 0 saturated carbocycles.